The summed E-state index contributed by atoms with van der Waals surface area (Å²) in [6, 6.07) is 15.8. The van der Waals surface area contributed by atoms with Crippen molar-refractivity contribution >= 4 is 22.7 Å². The third kappa shape index (κ3) is 3.83. The molecule has 0 bridgehead atoms. The van der Waals surface area contributed by atoms with E-state index in [1.54, 1.807) is 0 Å². The Hall–Kier alpha value is -2.96. The Morgan fingerprint density at radius 2 is 2.00 bits per heavy atom. The van der Waals surface area contributed by atoms with Gasteiger partial charge in [-0.1, -0.05) is 42.5 Å². The van der Waals surface area contributed by atoms with Gasteiger partial charge in [-0.15, -0.1) is 0 Å². The highest BCUT2D eigenvalue weighted by molar-refractivity contribution is 5.92. The van der Waals surface area contributed by atoms with Gasteiger partial charge in [0.1, 0.15) is 6.10 Å². The summed E-state index contributed by atoms with van der Waals surface area (Å²) in [6.45, 7) is 3.01. The van der Waals surface area contributed by atoms with Gasteiger partial charge in [-0.3, -0.25) is 4.99 Å². The Morgan fingerprint density at radius 1 is 1.18 bits per heavy atom. The number of nitrogen functional groups attached to an aromatic ring is 1. The molecule has 144 valence electrons. The maximum absolute atomic E-state index is 9.46. The Bertz CT molecular complexity index is 1040. The number of hydrogen-bond donors (Lipinski definition) is 2. The predicted octanol–water partition coefficient (Wildman–Crippen LogP) is 3.44. The van der Waals surface area contributed by atoms with Gasteiger partial charge < -0.3 is 20.1 Å². The Labute approximate surface area is 164 Å². The van der Waals surface area contributed by atoms with Gasteiger partial charge in [0.15, 0.2) is 0 Å². The quantitative estimate of drug-likeness (QED) is 0.690. The molecule has 6 nitrogen and oxygen atoms in total. The molecule has 2 heterocycles. The molecule has 0 fully saturated rings. The number of fused-ring (bicyclic) bond motifs is 1. The third-order valence-electron chi connectivity index (χ3n) is 4.96. The lowest BCUT2D eigenvalue weighted by molar-refractivity contribution is 0.0836. The fourth-order valence-corrected chi connectivity index (χ4v) is 3.44. The minimum Gasteiger partial charge on any atom is -0.392 e. The monoisotopic (exact) mass is 376 g/mol. The smallest absolute Gasteiger partial charge is 0.201 e. The summed E-state index contributed by atoms with van der Waals surface area (Å²) >= 11 is 0. The summed E-state index contributed by atoms with van der Waals surface area (Å²) < 4.78 is 8.12. The van der Waals surface area contributed by atoms with Crippen molar-refractivity contribution in [3.63, 3.8) is 0 Å². The number of nitrogens with zero attached hydrogens (tertiary/aromatic N) is 3. The summed E-state index contributed by atoms with van der Waals surface area (Å²) in [5.41, 5.74) is 11.7. The molecule has 3 N–H and O–H groups in total. The summed E-state index contributed by atoms with van der Waals surface area (Å²) in [4.78, 5) is 9.18. The van der Waals surface area contributed by atoms with E-state index in [2.05, 4.69) is 23.2 Å². The topological polar surface area (TPSA) is 85.7 Å². The average molecular weight is 376 g/mol. The van der Waals surface area contributed by atoms with E-state index in [1.807, 2.05) is 47.9 Å². The molecule has 28 heavy (non-hydrogen) atoms. The van der Waals surface area contributed by atoms with E-state index in [9.17, 15) is 5.11 Å². The second kappa shape index (κ2) is 7.96. The number of imidazole rings is 1. The molecule has 4 rings (SSSR count). The maximum Gasteiger partial charge on any atom is 0.201 e. The number of ether oxygens (including phenoxy) is 1. The van der Waals surface area contributed by atoms with E-state index in [0.717, 1.165) is 40.0 Å². The van der Waals surface area contributed by atoms with E-state index in [4.69, 9.17) is 15.5 Å². The van der Waals surface area contributed by atoms with E-state index < -0.39 is 0 Å². The molecule has 0 aliphatic carbocycles. The van der Waals surface area contributed by atoms with Crippen molar-refractivity contribution in [1.82, 2.24) is 9.55 Å². The second-order valence-corrected chi connectivity index (χ2v) is 7.01. The molecule has 6 heteroatoms. The lowest BCUT2D eigenvalue weighted by atomic mass is 10.1. The summed E-state index contributed by atoms with van der Waals surface area (Å²) in [6.07, 6.45) is 2.77. The number of benzene rings is 2. The zero-order chi connectivity index (χ0) is 19.5. The van der Waals surface area contributed by atoms with Crippen molar-refractivity contribution in [2.24, 2.45) is 4.99 Å². The predicted molar refractivity (Wildman–Crippen MR) is 111 cm³/mol. The number of allylic oxidation sites excluding steroid dienone is 1. The Morgan fingerprint density at radius 3 is 2.79 bits per heavy atom. The molecule has 0 saturated heterocycles. The fourth-order valence-electron chi connectivity index (χ4n) is 3.44. The minimum atomic E-state index is -0.109. The first-order chi connectivity index (χ1) is 13.6. The standard InChI is InChI=1S/C22H24N4O2/c1-15-7-10-21(28-14-16-5-3-2-4-6-16)19(24-15)12-26-20-11-17(13-27)8-9-18(20)25-22(26)23/h2-9,11,21,27H,10,12-14H2,1H3,(H2,23,25)/t21-/m0/s1. The van der Waals surface area contributed by atoms with Crippen LogP contribution in [0.3, 0.4) is 0 Å². The van der Waals surface area contributed by atoms with Crippen molar-refractivity contribution in [1.29, 1.82) is 0 Å². The number of aromatic nitrogens is 2. The zero-order valence-corrected chi connectivity index (χ0v) is 15.9. The van der Waals surface area contributed by atoms with Crippen LogP contribution in [0.4, 0.5) is 5.95 Å². The van der Waals surface area contributed by atoms with Gasteiger partial charge in [0, 0.05) is 5.70 Å². The van der Waals surface area contributed by atoms with Gasteiger partial charge in [-0.05, 0) is 36.6 Å². The van der Waals surface area contributed by atoms with Gasteiger partial charge in [-0.2, -0.15) is 0 Å². The molecule has 1 aliphatic heterocycles. The van der Waals surface area contributed by atoms with E-state index in [0.29, 0.717) is 19.1 Å². The van der Waals surface area contributed by atoms with Crippen molar-refractivity contribution in [3.8, 4) is 0 Å². The van der Waals surface area contributed by atoms with Crippen LogP contribution in [-0.2, 0) is 24.5 Å². The van der Waals surface area contributed by atoms with Gasteiger partial charge in [-0.25, -0.2) is 4.98 Å². The number of hydrogen-bond acceptors (Lipinski definition) is 5. The third-order valence-corrected chi connectivity index (χ3v) is 4.96. The molecule has 0 spiro atoms. The number of nitrogens with two attached hydrogens (primary N) is 1. The molecular weight excluding hydrogens is 352 g/mol. The molecule has 1 atom stereocenters. The first kappa shape index (κ1) is 18.4. The van der Waals surface area contributed by atoms with E-state index in [1.165, 1.54) is 0 Å². The highest BCUT2D eigenvalue weighted by Gasteiger charge is 2.22. The lowest BCUT2D eigenvalue weighted by Crippen LogP contribution is -2.30. The minimum absolute atomic E-state index is 0.0212. The SMILES string of the molecule is CC1=CC[C@H](OCc2ccccc2)C(Cn2c(N)nc3ccc(CO)cc32)=N1. The van der Waals surface area contributed by atoms with Crippen LogP contribution in [-0.4, -0.2) is 26.5 Å². The molecule has 1 aliphatic rings. The molecule has 0 saturated carbocycles. The van der Waals surface area contributed by atoms with E-state index >= 15 is 0 Å². The van der Waals surface area contributed by atoms with Gasteiger partial charge >= 0.3 is 0 Å². The molecule has 0 radical (unpaired) electrons. The van der Waals surface area contributed by atoms with Crippen LogP contribution in [0.5, 0.6) is 0 Å². The summed E-state index contributed by atoms with van der Waals surface area (Å²) in [7, 11) is 0. The molecule has 1 aromatic heterocycles. The fraction of sp³-hybridized carbons (Fsp3) is 0.273. The number of anilines is 1. The lowest BCUT2D eigenvalue weighted by Gasteiger charge is -2.23. The zero-order valence-electron chi connectivity index (χ0n) is 15.9. The van der Waals surface area contributed by atoms with Crippen LogP contribution in [0.25, 0.3) is 11.0 Å². The van der Waals surface area contributed by atoms with Gasteiger partial charge in [0.2, 0.25) is 5.95 Å². The maximum atomic E-state index is 9.46. The molecule has 0 amide bonds. The Kier molecular flexibility index (Phi) is 5.23. The highest BCUT2D eigenvalue weighted by atomic mass is 16.5. The van der Waals surface area contributed by atoms with Crippen molar-refractivity contribution < 1.29 is 9.84 Å². The number of aliphatic hydroxyl groups excluding tert-OH is 1. The van der Waals surface area contributed by atoms with Crippen molar-refractivity contribution in [3.05, 3.63) is 71.4 Å². The van der Waals surface area contributed by atoms with Crippen molar-refractivity contribution in [2.75, 3.05) is 5.73 Å². The largest absolute Gasteiger partial charge is 0.392 e. The van der Waals surface area contributed by atoms with Crippen LogP contribution >= 0.6 is 0 Å². The molecular formula is C22H24N4O2. The Balaban J connectivity index is 1.60. The number of aliphatic imine (C=N–C) groups is 1. The summed E-state index contributed by atoms with van der Waals surface area (Å²) in [5.74, 6) is 0.432. The first-order valence-electron chi connectivity index (χ1n) is 9.39. The van der Waals surface area contributed by atoms with E-state index in [-0.39, 0.29) is 12.7 Å². The normalized spacial score (nSPS) is 16.9. The van der Waals surface area contributed by atoms with Crippen LogP contribution < -0.4 is 5.73 Å². The van der Waals surface area contributed by atoms with Crippen LogP contribution in [0.15, 0.2) is 65.3 Å². The molecule has 3 aromatic rings. The van der Waals surface area contributed by atoms with Gasteiger partial charge in [0.25, 0.3) is 0 Å². The van der Waals surface area contributed by atoms with Crippen LogP contribution in [0.2, 0.25) is 0 Å². The van der Waals surface area contributed by atoms with Crippen LogP contribution in [0, 0.1) is 0 Å². The number of rotatable bonds is 6. The highest BCUT2D eigenvalue weighted by Crippen LogP contribution is 2.23. The van der Waals surface area contributed by atoms with Crippen LogP contribution in [0.1, 0.15) is 24.5 Å². The first-order valence-corrected chi connectivity index (χ1v) is 9.39. The molecule has 0 unspecified atom stereocenters. The number of aliphatic hydroxyl groups is 1. The average Bonchev–Trinajstić information content (AvgIpc) is 3.02. The van der Waals surface area contributed by atoms with Gasteiger partial charge in [0.05, 0.1) is 36.5 Å². The van der Waals surface area contributed by atoms with Crippen molar-refractivity contribution in [2.45, 2.75) is 39.2 Å². The summed E-state index contributed by atoms with van der Waals surface area (Å²) in [5, 5.41) is 9.46. The second-order valence-electron chi connectivity index (χ2n) is 7.01. The molecule has 2 aromatic carbocycles.